The number of phosphoric acid groups is 1. The molecule has 9 nitrogen and oxygen atoms in total. The zero-order chi connectivity index (χ0) is 37.7. The van der Waals surface area contributed by atoms with Crippen molar-refractivity contribution < 1.29 is 43.0 Å². The van der Waals surface area contributed by atoms with Gasteiger partial charge in [0.15, 0.2) is 6.10 Å². The molecular weight excluding hydrogens is 667 g/mol. The van der Waals surface area contributed by atoms with E-state index < -0.39 is 32.5 Å². The Morgan fingerprint density at radius 3 is 1.59 bits per heavy atom. The van der Waals surface area contributed by atoms with Crippen molar-refractivity contribution in [2.24, 2.45) is 0 Å². The van der Waals surface area contributed by atoms with Crippen LogP contribution in [-0.4, -0.2) is 52.3 Å². The van der Waals surface area contributed by atoms with Crippen molar-refractivity contribution >= 4 is 19.8 Å². The fourth-order valence-electron chi connectivity index (χ4n) is 5.08. The van der Waals surface area contributed by atoms with Crippen LogP contribution in [0.15, 0.2) is 60.8 Å². The molecule has 0 aliphatic rings. The van der Waals surface area contributed by atoms with Gasteiger partial charge in [-0.15, -0.1) is 0 Å². The standard InChI is InChI=1S/C41H71O9P/c1-3-4-5-6-7-8-9-10-12-16-19-22-25-28-31-34-40(43)48-36-39(37-49-51(45,46)47)50-41(44)35-32-29-26-23-20-17-14-11-13-15-18-21-24-27-30-33-38(2)42/h10,12-15,17,21,23-24,26,38-39,42H,3-9,11,16,18-20,22,25,27-37H2,1-2H3,(H2,45,46,47)/b12-10-,15-13-,17-14-,24-21-,26-23-/t38-,39+/m0/s1. The molecule has 0 heterocycles. The average Bonchev–Trinajstić information content (AvgIpc) is 3.08. The largest absolute Gasteiger partial charge is 0.469 e. The van der Waals surface area contributed by atoms with Gasteiger partial charge in [0.05, 0.1) is 12.7 Å². The van der Waals surface area contributed by atoms with Gasteiger partial charge in [-0.2, -0.15) is 0 Å². The maximum atomic E-state index is 12.4. The summed E-state index contributed by atoms with van der Waals surface area (Å²) in [6, 6.07) is 0. The second kappa shape index (κ2) is 36.1. The molecule has 0 aromatic rings. The fourth-order valence-corrected chi connectivity index (χ4v) is 5.44. The van der Waals surface area contributed by atoms with Gasteiger partial charge >= 0.3 is 19.8 Å². The van der Waals surface area contributed by atoms with Crippen LogP contribution in [0.4, 0.5) is 0 Å². The minimum absolute atomic E-state index is 0.120. The van der Waals surface area contributed by atoms with Crippen molar-refractivity contribution in [3.63, 3.8) is 0 Å². The summed E-state index contributed by atoms with van der Waals surface area (Å²) in [6.07, 6.45) is 42.2. The molecule has 0 aromatic heterocycles. The van der Waals surface area contributed by atoms with Crippen LogP contribution in [0.25, 0.3) is 0 Å². The molecule has 294 valence electrons. The number of phosphoric ester groups is 1. The number of allylic oxidation sites excluding steroid dienone is 10. The van der Waals surface area contributed by atoms with Gasteiger partial charge in [0, 0.05) is 12.8 Å². The Kier molecular flexibility index (Phi) is 34.5. The Morgan fingerprint density at radius 1 is 0.588 bits per heavy atom. The normalized spacial score (nSPS) is 13.7. The van der Waals surface area contributed by atoms with E-state index in [1.165, 1.54) is 44.9 Å². The maximum absolute atomic E-state index is 12.4. The van der Waals surface area contributed by atoms with E-state index in [1.807, 2.05) is 19.1 Å². The molecule has 0 unspecified atom stereocenters. The second-order valence-corrected chi connectivity index (χ2v) is 14.4. The lowest BCUT2D eigenvalue weighted by molar-refractivity contribution is -0.161. The van der Waals surface area contributed by atoms with Gasteiger partial charge < -0.3 is 24.4 Å². The predicted molar refractivity (Wildman–Crippen MR) is 208 cm³/mol. The SMILES string of the molecule is CCCCCCCC/C=C\CCCCCCCC(=O)OC[C@H](COP(=O)(O)O)OC(=O)CCC/C=C\C/C=C\C/C=C\C/C=C\CCC[C@H](C)O. The minimum atomic E-state index is -4.78. The molecule has 0 saturated carbocycles. The molecular formula is C41H71O9P. The number of ether oxygens (including phenoxy) is 2. The molecule has 0 spiro atoms. The van der Waals surface area contributed by atoms with Crippen molar-refractivity contribution in [2.45, 2.75) is 174 Å². The Balaban J connectivity index is 4.08. The summed E-state index contributed by atoms with van der Waals surface area (Å²) in [5.41, 5.74) is 0. The fraction of sp³-hybridized carbons (Fsp3) is 0.707. The number of esters is 2. The van der Waals surface area contributed by atoms with E-state index >= 15 is 0 Å². The van der Waals surface area contributed by atoms with E-state index in [0.717, 1.165) is 70.6 Å². The molecule has 0 amide bonds. The van der Waals surface area contributed by atoms with E-state index in [0.29, 0.717) is 19.3 Å². The van der Waals surface area contributed by atoms with Crippen LogP contribution in [0.1, 0.15) is 162 Å². The van der Waals surface area contributed by atoms with Crippen molar-refractivity contribution in [3.05, 3.63) is 60.8 Å². The third kappa shape index (κ3) is 40.3. The average molecular weight is 739 g/mol. The molecule has 10 heteroatoms. The minimum Gasteiger partial charge on any atom is -0.462 e. The van der Waals surface area contributed by atoms with Crippen molar-refractivity contribution in [2.75, 3.05) is 13.2 Å². The Labute approximate surface area is 309 Å². The summed E-state index contributed by atoms with van der Waals surface area (Å²) in [5, 5.41) is 9.24. The smallest absolute Gasteiger partial charge is 0.462 e. The molecule has 0 radical (unpaired) electrons. The molecule has 3 N–H and O–H groups in total. The van der Waals surface area contributed by atoms with Crippen molar-refractivity contribution in [3.8, 4) is 0 Å². The highest BCUT2D eigenvalue weighted by molar-refractivity contribution is 7.46. The lowest BCUT2D eigenvalue weighted by Gasteiger charge is -2.18. The van der Waals surface area contributed by atoms with Crippen LogP contribution in [0, 0.1) is 0 Å². The lowest BCUT2D eigenvalue weighted by atomic mass is 10.1. The van der Waals surface area contributed by atoms with Crippen LogP contribution < -0.4 is 0 Å². The first-order valence-electron chi connectivity index (χ1n) is 19.6. The topological polar surface area (TPSA) is 140 Å². The zero-order valence-electron chi connectivity index (χ0n) is 31.8. The molecule has 51 heavy (non-hydrogen) atoms. The number of aliphatic hydroxyl groups excluding tert-OH is 1. The van der Waals surface area contributed by atoms with Gasteiger partial charge in [0.1, 0.15) is 6.61 Å². The summed E-state index contributed by atoms with van der Waals surface area (Å²) in [6.45, 7) is 3.16. The maximum Gasteiger partial charge on any atom is 0.469 e. The van der Waals surface area contributed by atoms with E-state index in [4.69, 9.17) is 19.3 Å². The molecule has 0 aromatic carbocycles. The Morgan fingerprint density at radius 2 is 1.04 bits per heavy atom. The predicted octanol–water partition coefficient (Wildman–Crippen LogP) is 10.7. The molecule has 0 bridgehead atoms. The molecule has 0 aliphatic carbocycles. The van der Waals surface area contributed by atoms with Crippen LogP contribution in [0.2, 0.25) is 0 Å². The number of hydrogen-bond acceptors (Lipinski definition) is 7. The number of unbranched alkanes of at least 4 members (excludes halogenated alkanes) is 13. The Hall–Kier alpha value is -2.29. The highest BCUT2D eigenvalue weighted by atomic mass is 31.2. The third-order valence-electron chi connectivity index (χ3n) is 8.03. The van der Waals surface area contributed by atoms with Gasteiger partial charge in [-0.25, -0.2) is 4.57 Å². The summed E-state index contributed by atoms with van der Waals surface area (Å²) in [7, 11) is -4.78. The van der Waals surface area contributed by atoms with Crippen molar-refractivity contribution in [1.82, 2.24) is 0 Å². The summed E-state index contributed by atoms with van der Waals surface area (Å²) < 4.78 is 26.3. The van der Waals surface area contributed by atoms with Crippen LogP contribution in [-0.2, 0) is 28.2 Å². The number of hydrogen-bond donors (Lipinski definition) is 3. The molecule has 0 saturated heterocycles. The summed E-state index contributed by atoms with van der Waals surface area (Å²) in [5.74, 6) is -0.981. The second-order valence-electron chi connectivity index (χ2n) is 13.2. The first kappa shape index (κ1) is 48.7. The molecule has 0 aliphatic heterocycles. The first-order chi connectivity index (χ1) is 24.6. The molecule has 0 fully saturated rings. The number of carbonyl (C=O) groups excluding carboxylic acids is 2. The van der Waals surface area contributed by atoms with Crippen LogP contribution in [0.3, 0.4) is 0 Å². The van der Waals surface area contributed by atoms with E-state index in [-0.39, 0.29) is 25.6 Å². The number of rotatable bonds is 35. The van der Waals surface area contributed by atoms with Gasteiger partial charge in [-0.3, -0.25) is 14.1 Å². The van der Waals surface area contributed by atoms with Crippen LogP contribution in [0.5, 0.6) is 0 Å². The van der Waals surface area contributed by atoms with Crippen LogP contribution >= 0.6 is 7.82 Å². The summed E-state index contributed by atoms with van der Waals surface area (Å²) >= 11 is 0. The first-order valence-corrected chi connectivity index (χ1v) is 21.1. The highest BCUT2D eigenvalue weighted by Gasteiger charge is 2.22. The Bertz CT molecular complexity index is 1030. The monoisotopic (exact) mass is 738 g/mol. The molecule has 0 rings (SSSR count). The third-order valence-corrected chi connectivity index (χ3v) is 8.51. The van der Waals surface area contributed by atoms with Crippen molar-refractivity contribution in [1.29, 1.82) is 0 Å². The van der Waals surface area contributed by atoms with Gasteiger partial charge in [0.25, 0.3) is 0 Å². The number of carbonyl (C=O) groups is 2. The van der Waals surface area contributed by atoms with Gasteiger partial charge in [-0.05, 0) is 90.4 Å². The van der Waals surface area contributed by atoms with Gasteiger partial charge in [-0.1, -0.05) is 119 Å². The molecule has 2 atom stereocenters. The highest BCUT2D eigenvalue weighted by Crippen LogP contribution is 2.36. The number of aliphatic hydroxyl groups is 1. The quantitative estimate of drug-likeness (QED) is 0.0251. The zero-order valence-corrected chi connectivity index (χ0v) is 32.7. The van der Waals surface area contributed by atoms with E-state index in [1.54, 1.807) is 0 Å². The van der Waals surface area contributed by atoms with Gasteiger partial charge in [0.2, 0.25) is 0 Å². The van der Waals surface area contributed by atoms with E-state index in [9.17, 15) is 19.3 Å². The summed E-state index contributed by atoms with van der Waals surface area (Å²) in [4.78, 5) is 42.7. The van der Waals surface area contributed by atoms with E-state index in [2.05, 4.69) is 60.1 Å². The lowest BCUT2D eigenvalue weighted by Crippen LogP contribution is -2.29.